The van der Waals surface area contributed by atoms with Crippen LogP contribution >= 0.6 is 0 Å². The van der Waals surface area contributed by atoms with E-state index in [1.807, 2.05) is 19.1 Å². The molecule has 1 saturated heterocycles. The Morgan fingerprint density at radius 3 is 2.84 bits per heavy atom. The van der Waals surface area contributed by atoms with Crippen LogP contribution in [0.3, 0.4) is 0 Å². The van der Waals surface area contributed by atoms with Crippen molar-refractivity contribution in [3.05, 3.63) is 23.9 Å². The molecular weight excluding hydrogens is 266 g/mol. The van der Waals surface area contributed by atoms with Crippen LogP contribution in [0.2, 0.25) is 0 Å². The van der Waals surface area contributed by atoms with Gasteiger partial charge in [0, 0.05) is 18.8 Å². The van der Waals surface area contributed by atoms with E-state index >= 15 is 0 Å². The van der Waals surface area contributed by atoms with Crippen molar-refractivity contribution in [2.45, 2.75) is 13.3 Å². The Bertz CT molecular complexity index is 571. The van der Waals surface area contributed by atoms with Crippen LogP contribution in [0.15, 0.2) is 18.2 Å². The van der Waals surface area contributed by atoms with Crippen molar-refractivity contribution in [3.63, 3.8) is 0 Å². The van der Waals surface area contributed by atoms with Gasteiger partial charge in [-0.3, -0.25) is 5.32 Å². The molecular formula is C12H17N3O3S. The molecule has 0 atom stereocenters. The Kier molecular flexibility index (Phi) is 4.04. The predicted octanol–water partition coefficient (Wildman–Crippen LogP) is 1.04. The Morgan fingerprint density at radius 2 is 2.11 bits per heavy atom. The molecule has 0 aliphatic carbocycles. The normalized spacial score (nSPS) is 18.7. The van der Waals surface area contributed by atoms with Crippen LogP contribution in [0, 0.1) is 6.92 Å². The number of urea groups is 1. The lowest BCUT2D eigenvalue weighted by molar-refractivity contribution is 0.215. The van der Waals surface area contributed by atoms with Crippen molar-refractivity contribution in [3.8, 4) is 0 Å². The number of hydrogen-bond acceptors (Lipinski definition) is 4. The molecule has 2 rings (SSSR count). The highest BCUT2D eigenvalue weighted by Crippen LogP contribution is 2.09. The van der Waals surface area contributed by atoms with Crippen LogP contribution in [0.5, 0.6) is 0 Å². The summed E-state index contributed by atoms with van der Waals surface area (Å²) in [6.45, 7) is 2.53. The average molecular weight is 283 g/mol. The lowest BCUT2D eigenvalue weighted by atomic mass is 10.4. The summed E-state index contributed by atoms with van der Waals surface area (Å²) >= 11 is 0. The van der Waals surface area contributed by atoms with Crippen LogP contribution in [-0.2, 0) is 9.84 Å². The standard InChI is InChI=1S/C12H17N3O3S/c1-10-4-2-5-11(13-10)14-12(16)15-6-3-8-19(17,18)9-7-15/h2,4-5H,3,6-9H2,1H3,(H,13,14,16). The molecule has 104 valence electrons. The monoisotopic (exact) mass is 283 g/mol. The molecule has 0 radical (unpaired) electrons. The van der Waals surface area contributed by atoms with E-state index in [9.17, 15) is 13.2 Å². The topological polar surface area (TPSA) is 79.4 Å². The van der Waals surface area contributed by atoms with E-state index in [1.54, 1.807) is 6.07 Å². The summed E-state index contributed by atoms with van der Waals surface area (Å²) in [5.41, 5.74) is 0.816. The second-order valence-corrected chi connectivity index (χ2v) is 6.89. The van der Waals surface area contributed by atoms with Crippen molar-refractivity contribution >= 4 is 21.7 Å². The molecule has 0 bridgehead atoms. The molecule has 2 heterocycles. The number of aromatic nitrogens is 1. The first-order chi connectivity index (χ1) is 8.96. The van der Waals surface area contributed by atoms with E-state index in [0.717, 1.165) is 5.69 Å². The summed E-state index contributed by atoms with van der Waals surface area (Å²) in [4.78, 5) is 17.7. The van der Waals surface area contributed by atoms with Gasteiger partial charge < -0.3 is 4.90 Å². The first kappa shape index (κ1) is 13.8. The molecule has 7 heteroatoms. The molecule has 1 N–H and O–H groups in total. The largest absolute Gasteiger partial charge is 0.323 e. The van der Waals surface area contributed by atoms with Gasteiger partial charge in [0.15, 0.2) is 9.84 Å². The number of rotatable bonds is 1. The number of sulfone groups is 1. The van der Waals surface area contributed by atoms with E-state index < -0.39 is 9.84 Å². The second-order valence-electron chi connectivity index (χ2n) is 4.59. The van der Waals surface area contributed by atoms with Gasteiger partial charge >= 0.3 is 6.03 Å². The highest BCUT2D eigenvalue weighted by atomic mass is 32.2. The van der Waals surface area contributed by atoms with Gasteiger partial charge in [0.05, 0.1) is 11.5 Å². The summed E-state index contributed by atoms with van der Waals surface area (Å²) < 4.78 is 22.9. The molecule has 0 unspecified atom stereocenters. The van der Waals surface area contributed by atoms with Gasteiger partial charge in [-0.15, -0.1) is 0 Å². The van der Waals surface area contributed by atoms with E-state index in [-0.39, 0.29) is 24.1 Å². The molecule has 1 aromatic rings. The van der Waals surface area contributed by atoms with E-state index in [2.05, 4.69) is 10.3 Å². The van der Waals surface area contributed by atoms with Gasteiger partial charge in [0.2, 0.25) is 0 Å². The fraction of sp³-hybridized carbons (Fsp3) is 0.500. The van der Waals surface area contributed by atoms with Gasteiger partial charge in [-0.25, -0.2) is 18.2 Å². The lowest BCUT2D eigenvalue weighted by Crippen LogP contribution is -2.37. The van der Waals surface area contributed by atoms with E-state index in [0.29, 0.717) is 18.8 Å². The number of pyridine rings is 1. The van der Waals surface area contributed by atoms with Crippen molar-refractivity contribution in [2.75, 3.05) is 29.9 Å². The van der Waals surface area contributed by atoms with Gasteiger partial charge in [-0.05, 0) is 25.5 Å². The smallest absolute Gasteiger partial charge is 0.323 e. The predicted molar refractivity (Wildman–Crippen MR) is 72.8 cm³/mol. The SMILES string of the molecule is Cc1cccc(NC(=O)N2CCCS(=O)(=O)CC2)n1. The number of hydrogen-bond donors (Lipinski definition) is 1. The molecule has 1 aliphatic rings. The number of nitrogens with zero attached hydrogens (tertiary/aromatic N) is 2. The maximum absolute atomic E-state index is 12.0. The van der Waals surface area contributed by atoms with Crippen molar-refractivity contribution < 1.29 is 13.2 Å². The Labute approximate surface area is 112 Å². The molecule has 0 aromatic carbocycles. The molecule has 1 aromatic heterocycles. The van der Waals surface area contributed by atoms with Crippen LogP contribution in [-0.4, -0.2) is 48.9 Å². The molecule has 6 nitrogen and oxygen atoms in total. The lowest BCUT2D eigenvalue weighted by Gasteiger charge is -2.19. The number of anilines is 1. The van der Waals surface area contributed by atoms with Crippen molar-refractivity contribution in [1.82, 2.24) is 9.88 Å². The number of carbonyl (C=O) groups is 1. The fourth-order valence-electron chi connectivity index (χ4n) is 1.94. The Morgan fingerprint density at radius 1 is 1.32 bits per heavy atom. The van der Waals surface area contributed by atoms with Crippen LogP contribution in [0.25, 0.3) is 0 Å². The highest BCUT2D eigenvalue weighted by Gasteiger charge is 2.22. The van der Waals surface area contributed by atoms with Crippen molar-refractivity contribution in [2.24, 2.45) is 0 Å². The maximum atomic E-state index is 12.0. The first-order valence-corrected chi connectivity index (χ1v) is 7.98. The third-order valence-electron chi connectivity index (χ3n) is 2.97. The Hall–Kier alpha value is -1.63. The maximum Gasteiger partial charge on any atom is 0.323 e. The first-order valence-electron chi connectivity index (χ1n) is 6.16. The summed E-state index contributed by atoms with van der Waals surface area (Å²) in [5, 5.41) is 2.69. The van der Waals surface area contributed by atoms with Gasteiger partial charge in [-0.2, -0.15) is 0 Å². The van der Waals surface area contributed by atoms with Crippen molar-refractivity contribution in [1.29, 1.82) is 0 Å². The summed E-state index contributed by atoms with van der Waals surface area (Å²) in [5.74, 6) is 0.665. The molecule has 2 amide bonds. The zero-order valence-corrected chi connectivity index (χ0v) is 11.6. The molecule has 1 fully saturated rings. The van der Waals surface area contributed by atoms with Gasteiger partial charge in [0.25, 0.3) is 0 Å². The van der Waals surface area contributed by atoms with Crippen LogP contribution < -0.4 is 5.32 Å². The minimum absolute atomic E-state index is 0.0294. The van der Waals surface area contributed by atoms with Gasteiger partial charge in [0.1, 0.15) is 5.82 Å². The average Bonchev–Trinajstić information content (AvgIpc) is 2.50. The third kappa shape index (κ3) is 3.92. The minimum Gasteiger partial charge on any atom is -0.323 e. The molecule has 1 aliphatic heterocycles. The van der Waals surface area contributed by atoms with E-state index in [1.165, 1.54) is 4.90 Å². The number of aryl methyl sites for hydroxylation is 1. The fourth-order valence-corrected chi connectivity index (χ4v) is 3.21. The molecule has 19 heavy (non-hydrogen) atoms. The second kappa shape index (κ2) is 5.56. The highest BCUT2D eigenvalue weighted by molar-refractivity contribution is 7.91. The number of nitrogens with one attached hydrogen (secondary N) is 1. The minimum atomic E-state index is -3.00. The summed E-state index contributed by atoms with van der Waals surface area (Å²) in [7, 11) is -3.00. The van der Waals surface area contributed by atoms with Gasteiger partial charge in [-0.1, -0.05) is 6.07 Å². The Balaban J connectivity index is 2.00. The van der Waals surface area contributed by atoms with Crippen LogP contribution in [0.1, 0.15) is 12.1 Å². The number of carbonyl (C=O) groups excluding carboxylic acids is 1. The third-order valence-corrected chi connectivity index (χ3v) is 4.68. The molecule has 0 spiro atoms. The van der Waals surface area contributed by atoms with Crippen LogP contribution in [0.4, 0.5) is 10.6 Å². The van der Waals surface area contributed by atoms with E-state index in [4.69, 9.17) is 0 Å². The molecule has 0 saturated carbocycles. The zero-order chi connectivity index (χ0) is 13.9. The number of amides is 2. The quantitative estimate of drug-likeness (QED) is 0.835. The summed E-state index contributed by atoms with van der Waals surface area (Å²) in [6.07, 6.45) is 0.483. The zero-order valence-electron chi connectivity index (χ0n) is 10.8. The summed E-state index contributed by atoms with van der Waals surface area (Å²) in [6, 6.07) is 5.06.